The molecule has 0 spiro atoms. The molecule has 4 rings (SSSR count). The van der Waals surface area contributed by atoms with Gasteiger partial charge in [0.05, 0.1) is 19.0 Å². The topological polar surface area (TPSA) is 79.9 Å². The molecule has 0 aliphatic carbocycles. The SMILES string of the molecule is COc1cccc(-n2cc(-c3nc(COc4ccc(C(C)(C)C)cc4)nn3C(C)C)nn2)c1. The maximum atomic E-state index is 5.95. The van der Waals surface area contributed by atoms with Gasteiger partial charge in [-0.1, -0.05) is 44.2 Å². The standard InChI is InChI=1S/C25H30N6O2/c1-17(2)31-24(22-15-30(29-27-22)19-8-7-9-21(14-19)32-6)26-23(28-31)16-33-20-12-10-18(11-13-20)25(3,4)5/h7-15,17H,16H2,1-6H3. The van der Waals surface area contributed by atoms with Crippen LogP contribution in [0, 0.1) is 0 Å². The lowest BCUT2D eigenvalue weighted by molar-refractivity contribution is 0.294. The van der Waals surface area contributed by atoms with Crippen molar-refractivity contribution in [1.82, 2.24) is 29.8 Å². The largest absolute Gasteiger partial charge is 0.497 e. The van der Waals surface area contributed by atoms with E-state index in [4.69, 9.17) is 14.5 Å². The second kappa shape index (κ2) is 9.05. The minimum absolute atomic E-state index is 0.105. The van der Waals surface area contributed by atoms with Crippen LogP contribution < -0.4 is 9.47 Å². The van der Waals surface area contributed by atoms with E-state index in [1.54, 1.807) is 11.8 Å². The van der Waals surface area contributed by atoms with E-state index in [1.165, 1.54) is 5.56 Å². The van der Waals surface area contributed by atoms with Crippen LogP contribution in [0.25, 0.3) is 17.2 Å². The summed E-state index contributed by atoms with van der Waals surface area (Å²) in [5, 5.41) is 13.3. The van der Waals surface area contributed by atoms with Gasteiger partial charge in [-0.25, -0.2) is 14.3 Å². The molecule has 2 heterocycles. The van der Waals surface area contributed by atoms with Crippen molar-refractivity contribution >= 4 is 0 Å². The van der Waals surface area contributed by atoms with Crippen molar-refractivity contribution in [2.24, 2.45) is 0 Å². The second-order valence-electron chi connectivity index (χ2n) is 9.20. The van der Waals surface area contributed by atoms with Gasteiger partial charge in [-0.15, -0.1) is 5.10 Å². The zero-order valence-corrected chi connectivity index (χ0v) is 20.0. The summed E-state index contributed by atoms with van der Waals surface area (Å²) in [6, 6.07) is 15.9. The summed E-state index contributed by atoms with van der Waals surface area (Å²) in [5.74, 6) is 2.79. The van der Waals surface area contributed by atoms with Crippen LogP contribution in [0.15, 0.2) is 54.7 Å². The van der Waals surface area contributed by atoms with Gasteiger partial charge in [-0.2, -0.15) is 5.10 Å². The summed E-state index contributed by atoms with van der Waals surface area (Å²) < 4.78 is 14.8. The maximum Gasteiger partial charge on any atom is 0.188 e. The van der Waals surface area contributed by atoms with Gasteiger partial charge < -0.3 is 9.47 Å². The molecular formula is C25H30N6O2. The normalized spacial score (nSPS) is 11.7. The Hall–Kier alpha value is -3.68. The number of aromatic nitrogens is 6. The number of benzene rings is 2. The summed E-state index contributed by atoms with van der Waals surface area (Å²) in [5.41, 5.74) is 2.86. The Labute approximate surface area is 194 Å². The second-order valence-corrected chi connectivity index (χ2v) is 9.20. The van der Waals surface area contributed by atoms with E-state index in [2.05, 4.69) is 62.2 Å². The van der Waals surface area contributed by atoms with Gasteiger partial charge in [0, 0.05) is 12.1 Å². The highest BCUT2D eigenvalue weighted by atomic mass is 16.5. The molecule has 33 heavy (non-hydrogen) atoms. The highest BCUT2D eigenvalue weighted by Gasteiger charge is 2.18. The average molecular weight is 447 g/mol. The van der Waals surface area contributed by atoms with Crippen LogP contribution >= 0.6 is 0 Å². The van der Waals surface area contributed by atoms with E-state index in [0.29, 0.717) is 17.3 Å². The molecule has 0 radical (unpaired) electrons. The maximum absolute atomic E-state index is 5.95. The monoisotopic (exact) mass is 446 g/mol. The van der Waals surface area contributed by atoms with Crippen molar-refractivity contribution in [2.45, 2.75) is 52.7 Å². The van der Waals surface area contributed by atoms with E-state index in [1.807, 2.05) is 47.3 Å². The van der Waals surface area contributed by atoms with Crippen LogP contribution in [0.2, 0.25) is 0 Å². The van der Waals surface area contributed by atoms with Gasteiger partial charge in [-0.05, 0) is 49.1 Å². The fourth-order valence-corrected chi connectivity index (χ4v) is 3.41. The quantitative estimate of drug-likeness (QED) is 0.398. The first-order valence-electron chi connectivity index (χ1n) is 11.0. The molecule has 2 aromatic carbocycles. The summed E-state index contributed by atoms with van der Waals surface area (Å²) in [6.45, 7) is 11.0. The first-order chi connectivity index (χ1) is 15.7. The predicted octanol–water partition coefficient (Wildman–Crippen LogP) is 4.99. The smallest absolute Gasteiger partial charge is 0.188 e. The average Bonchev–Trinajstić information content (AvgIpc) is 3.45. The molecule has 2 aromatic heterocycles. The Bertz CT molecular complexity index is 1220. The van der Waals surface area contributed by atoms with Gasteiger partial charge in [0.1, 0.15) is 18.1 Å². The number of ether oxygens (including phenoxy) is 2. The Morgan fingerprint density at radius 1 is 1.00 bits per heavy atom. The Balaban J connectivity index is 1.54. The molecule has 0 saturated heterocycles. The van der Waals surface area contributed by atoms with Crippen LogP contribution in [0.3, 0.4) is 0 Å². The van der Waals surface area contributed by atoms with E-state index < -0.39 is 0 Å². The van der Waals surface area contributed by atoms with Crippen LogP contribution in [-0.4, -0.2) is 36.9 Å². The zero-order chi connectivity index (χ0) is 23.6. The number of hydrogen-bond donors (Lipinski definition) is 0. The molecule has 0 aliphatic rings. The number of hydrogen-bond acceptors (Lipinski definition) is 6. The molecular weight excluding hydrogens is 416 g/mol. The fraction of sp³-hybridized carbons (Fsp3) is 0.360. The van der Waals surface area contributed by atoms with Crippen molar-refractivity contribution in [3.8, 4) is 28.7 Å². The van der Waals surface area contributed by atoms with Gasteiger partial charge in [0.25, 0.3) is 0 Å². The first-order valence-corrected chi connectivity index (χ1v) is 11.0. The molecule has 0 fully saturated rings. The van der Waals surface area contributed by atoms with Crippen LogP contribution in [-0.2, 0) is 12.0 Å². The molecule has 0 amide bonds. The molecule has 0 atom stereocenters. The number of nitrogens with zero attached hydrogens (tertiary/aromatic N) is 6. The summed E-state index contributed by atoms with van der Waals surface area (Å²) in [4.78, 5) is 4.70. The summed E-state index contributed by atoms with van der Waals surface area (Å²) in [6.07, 6.45) is 1.84. The van der Waals surface area contributed by atoms with Gasteiger partial charge in [0.2, 0.25) is 0 Å². The van der Waals surface area contributed by atoms with E-state index in [0.717, 1.165) is 17.2 Å². The fourth-order valence-electron chi connectivity index (χ4n) is 3.41. The van der Waals surface area contributed by atoms with Crippen LogP contribution in [0.5, 0.6) is 11.5 Å². The molecule has 0 N–H and O–H groups in total. The molecule has 0 unspecified atom stereocenters. The molecule has 8 heteroatoms. The highest BCUT2D eigenvalue weighted by Crippen LogP contribution is 2.25. The third-order valence-electron chi connectivity index (χ3n) is 5.29. The zero-order valence-electron chi connectivity index (χ0n) is 20.0. The van der Waals surface area contributed by atoms with E-state index in [9.17, 15) is 0 Å². The van der Waals surface area contributed by atoms with Gasteiger partial charge in [-0.3, -0.25) is 0 Å². The lowest BCUT2D eigenvalue weighted by atomic mass is 9.87. The number of methoxy groups -OCH3 is 1. The van der Waals surface area contributed by atoms with Crippen molar-refractivity contribution in [3.05, 3.63) is 66.1 Å². The predicted molar refractivity (Wildman–Crippen MR) is 127 cm³/mol. The highest BCUT2D eigenvalue weighted by molar-refractivity contribution is 5.49. The molecule has 0 saturated carbocycles. The number of rotatable bonds is 7. The van der Waals surface area contributed by atoms with Crippen molar-refractivity contribution in [2.75, 3.05) is 7.11 Å². The molecule has 0 aliphatic heterocycles. The minimum atomic E-state index is 0.105. The van der Waals surface area contributed by atoms with Crippen LogP contribution in [0.4, 0.5) is 0 Å². The van der Waals surface area contributed by atoms with E-state index >= 15 is 0 Å². The third kappa shape index (κ3) is 5.05. The first kappa shape index (κ1) is 22.5. The summed E-state index contributed by atoms with van der Waals surface area (Å²) >= 11 is 0. The Kier molecular flexibility index (Phi) is 6.18. The van der Waals surface area contributed by atoms with Crippen molar-refractivity contribution < 1.29 is 9.47 Å². The molecule has 4 aromatic rings. The third-order valence-corrected chi connectivity index (χ3v) is 5.29. The van der Waals surface area contributed by atoms with Crippen LogP contribution in [0.1, 0.15) is 52.0 Å². The minimum Gasteiger partial charge on any atom is -0.497 e. The Morgan fingerprint density at radius 2 is 1.76 bits per heavy atom. The molecule has 8 nitrogen and oxygen atoms in total. The lowest BCUT2D eigenvalue weighted by Crippen LogP contribution is -2.10. The summed E-state index contributed by atoms with van der Waals surface area (Å²) in [7, 11) is 1.64. The van der Waals surface area contributed by atoms with Crippen molar-refractivity contribution in [1.29, 1.82) is 0 Å². The van der Waals surface area contributed by atoms with Gasteiger partial charge >= 0.3 is 0 Å². The van der Waals surface area contributed by atoms with Gasteiger partial charge in [0.15, 0.2) is 17.3 Å². The van der Waals surface area contributed by atoms with E-state index in [-0.39, 0.29) is 18.1 Å². The molecule has 172 valence electrons. The molecule has 0 bridgehead atoms. The van der Waals surface area contributed by atoms with Crippen molar-refractivity contribution in [3.63, 3.8) is 0 Å². The Morgan fingerprint density at radius 3 is 2.42 bits per heavy atom. The lowest BCUT2D eigenvalue weighted by Gasteiger charge is -2.19.